The summed E-state index contributed by atoms with van der Waals surface area (Å²) in [6.45, 7) is 1.50. The van der Waals surface area contributed by atoms with Crippen molar-refractivity contribution in [2.75, 3.05) is 27.2 Å². The van der Waals surface area contributed by atoms with Crippen LogP contribution in [0.3, 0.4) is 0 Å². The lowest BCUT2D eigenvalue weighted by Crippen LogP contribution is -2.32. The molecule has 2 aromatic heterocycles. The number of carbonyl (C=O) groups is 1. The Labute approximate surface area is 122 Å². The summed E-state index contributed by atoms with van der Waals surface area (Å²) in [5.74, 6) is 0.0124. The second-order valence-electron chi connectivity index (χ2n) is 4.71. The molecule has 106 valence electrons. The highest BCUT2D eigenvalue weighted by atomic mass is 32.1. The monoisotopic (exact) mass is 290 g/mol. The van der Waals surface area contributed by atoms with Gasteiger partial charge < -0.3 is 10.2 Å². The van der Waals surface area contributed by atoms with Gasteiger partial charge in [0.15, 0.2) is 0 Å². The van der Waals surface area contributed by atoms with Crippen LogP contribution >= 0.6 is 11.3 Å². The van der Waals surface area contributed by atoms with Gasteiger partial charge in [-0.15, -0.1) is 11.3 Å². The number of nitrogens with one attached hydrogen (secondary N) is 1. The lowest BCUT2D eigenvalue weighted by atomic mass is 10.3. The zero-order chi connectivity index (χ0) is 14.4. The van der Waals surface area contributed by atoms with Crippen LogP contribution in [0.15, 0.2) is 29.9 Å². The number of hydrogen-bond donors (Lipinski definition) is 1. The number of rotatable bonds is 6. The predicted molar refractivity (Wildman–Crippen MR) is 80.6 cm³/mol. The molecule has 1 amide bonds. The molecule has 0 aliphatic carbocycles. The van der Waals surface area contributed by atoms with Crippen molar-refractivity contribution in [3.63, 3.8) is 0 Å². The van der Waals surface area contributed by atoms with E-state index in [1.165, 1.54) is 0 Å². The van der Waals surface area contributed by atoms with Gasteiger partial charge in [0.2, 0.25) is 5.91 Å². The van der Waals surface area contributed by atoms with Gasteiger partial charge in [-0.1, -0.05) is 0 Å². The number of nitrogens with zero attached hydrogens (tertiary/aromatic N) is 3. The first kappa shape index (κ1) is 14.6. The zero-order valence-corrected chi connectivity index (χ0v) is 12.5. The Morgan fingerprint density at radius 3 is 2.80 bits per heavy atom. The van der Waals surface area contributed by atoms with Crippen LogP contribution in [0.2, 0.25) is 0 Å². The van der Waals surface area contributed by atoms with Crippen LogP contribution in [0.25, 0.3) is 10.6 Å². The third-order valence-corrected chi connectivity index (χ3v) is 3.64. The highest BCUT2D eigenvalue weighted by molar-refractivity contribution is 7.13. The average Bonchev–Trinajstić information content (AvgIpc) is 2.88. The standard InChI is InChI=1S/C14H18N4OS/c1-18(2)8-7-16-13(19)9-12-10-20-14(17-12)11-3-5-15-6-4-11/h3-6,10H,7-9H2,1-2H3,(H,16,19). The fourth-order valence-electron chi connectivity index (χ4n) is 1.66. The Bertz CT molecular complexity index is 553. The largest absolute Gasteiger partial charge is 0.354 e. The first-order chi connectivity index (χ1) is 9.65. The van der Waals surface area contributed by atoms with Crippen molar-refractivity contribution in [3.8, 4) is 10.6 Å². The second-order valence-corrected chi connectivity index (χ2v) is 5.57. The van der Waals surface area contributed by atoms with Crippen molar-refractivity contribution >= 4 is 17.2 Å². The smallest absolute Gasteiger partial charge is 0.226 e. The molecule has 0 fully saturated rings. The number of carbonyl (C=O) groups excluding carboxylic acids is 1. The molecule has 0 saturated carbocycles. The van der Waals surface area contributed by atoms with Gasteiger partial charge in [0, 0.05) is 36.4 Å². The van der Waals surface area contributed by atoms with E-state index < -0.39 is 0 Å². The number of pyridine rings is 1. The van der Waals surface area contributed by atoms with E-state index in [0.717, 1.165) is 22.8 Å². The molecule has 6 heteroatoms. The summed E-state index contributed by atoms with van der Waals surface area (Å²) in [5, 5.41) is 5.74. The summed E-state index contributed by atoms with van der Waals surface area (Å²) in [6.07, 6.45) is 3.81. The SMILES string of the molecule is CN(C)CCNC(=O)Cc1csc(-c2ccncc2)n1. The molecule has 0 aromatic carbocycles. The summed E-state index contributed by atoms with van der Waals surface area (Å²) in [7, 11) is 3.96. The summed E-state index contributed by atoms with van der Waals surface area (Å²) in [4.78, 5) is 22.3. The lowest BCUT2D eigenvalue weighted by Gasteiger charge is -2.09. The molecule has 2 rings (SSSR count). The molecule has 2 aromatic rings. The number of hydrogen-bond acceptors (Lipinski definition) is 5. The van der Waals surface area contributed by atoms with Crippen LogP contribution in [0.5, 0.6) is 0 Å². The van der Waals surface area contributed by atoms with Crippen molar-refractivity contribution in [2.24, 2.45) is 0 Å². The van der Waals surface area contributed by atoms with E-state index in [2.05, 4.69) is 15.3 Å². The van der Waals surface area contributed by atoms with Crippen LogP contribution in [-0.4, -0.2) is 48.0 Å². The zero-order valence-electron chi connectivity index (χ0n) is 11.7. The molecule has 5 nitrogen and oxygen atoms in total. The van der Waals surface area contributed by atoms with Gasteiger partial charge in [0.05, 0.1) is 12.1 Å². The van der Waals surface area contributed by atoms with Crippen molar-refractivity contribution < 1.29 is 4.79 Å². The molecule has 0 radical (unpaired) electrons. The molecule has 0 saturated heterocycles. The molecule has 0 atom stereocenters. The first-order valence-corrected chi connectivity index (χ1v) is 7.29. The van der Waals surface area contributed by atoms with E-state index in [1.54, 1.807) is 23.7 Å². The van der Waals surface area contributed by atoms with E-state index >= 15 is 0 Å². The molecule has 20 heavy (non-hydrogen) atoms. The normalized spacial score (nSPS) is 10.8. The van der Waals surface area contributed by atoms with Crippen molar-refractivity contribution in [1.29, 1.82) is 0 Å². The predicted octanol–water partition coefficient (Wildman–Crippen LogP) is 1.43. The maximum absolute atomic E-state index is 11.8. The molecule has 0 unspecified atom stereocenters. The number of aromatic nitrogens is 2. The van der Waals surface area contributed by atoms with Crippen molar-refractivity contribution in [2.45, 2.75) is 6.42 Å². The Kier molecular flexibility index (Phi) is 5.20. The van der Waals surface area contributed by atoms with Crippen molar-refractivity contribution in [3.05, 3.63) is 35.6 Å². The Morgan fingerprint density at radius 2 is 2.10 bits per heavy atom. The number of amides is 1. The minimum absolute atomic E-state index is 0.0124. The van der Waals surface area contributed by atoms with Gasteiger partial charge in [-0.2, -0.15) is 0 Å². The number of likely N-dealkylation sites (N-methyl/N-ethyl adjacent to an activating group) is 1. The Balaban J connectivity index is 1.88. The summed E-state index contributed by atoms with van der Waals surface area (Å²) < 4.78 is 0. The van der Waals surface area contributed by atoms with Gasteiger partial charge in [0.25, 0.3) is 0 Å². The number of thiazole rings is 1. The van der Waals surface area contributed by atoms with E-state index in [-0.39, 0.29) is 5.91 Å². The highest BCUT2D eigenvalue weighted by Crippen LogP contribution is 2.22. The minimum Gasteiger partial charge on any atom is -0.354 e. The molecule has 1 N–H and O–H groups in total. The van der Waals surface area contributed by atoms with Gasteiger partial charge in [-0.3, -0.25) is 9.78 Å². The molecule has 2 heterocycles. The van der Waals surface area contributed by atoms with Crippen molar-refractivity contribution in [1.82, 2.24) is 20.2 Å². The maximum Gasteiger partial charge on any atom is 0.226 e. The summed E-state index contributed by atoms with van der Waals surface area (Å²) in [6, 6.07) is 3.83. The topological polar surface area (TPSA) is 58.1 Å². The van der Waals surface area contributed by atoms with Crippen LogP contribution in [-0.2, 0) is 11.2 Å². The van der Waals surface area contributed by atoms with E-state index in [1.807, 2.05) is 36.5 Å². The lowest BCUT2D eigenvalue weighted by molar-refractivity contribution is -0.120. The van der Waals surface area contributed by atoms with Gasteiger partial charge >= 0.3 is 0 Å². The Morgan fingerprint density at radius 1 is 1.35 bits per heavy atom. The summed E-state index contributed by atoms with van der Waals surface area (Å²) in [5.41, 5.74) is 1.84. The Hall–Kier alpha value is -1.79. The third kappa shape index (κ3) is 4.40. The van der Waals surface area contributed by atoms with E-state index in [9.17, 15) is 4.79 Å². The quantitative estimate of drug-likeness (QED) is 0.874. The maximum atomic E-state index is 11.8. The van der Waals surface area contributed by atoms with Crippen LogP contribution < -0.4 is 5.32 Å². The van der Waals surface area contributed by atoms with Gasteiger partial charge in [-0.25, -0.2) is 4.98 Å². The van der Waals surface area contributed by atoms with Gasteiger partial charge in [-0.05, 0) is 26.2 Å². The second kappa shape index (κ2) is 7.12. The molecular weight excluding hydrogens is 272 g/mol. The van der Waals surface area contributed by atoms with E-state index in [0.29, 0.717) is 13.0 Å². The minimum atomic E-state index is 0.0124. The third-order valence-electron chi connectivity index (χ3n) is 2.70. The molecule has 0 aliphatic rings. The first-order valence-electron chi connectivity index (χ1n) is 6.41. The highest BCUT2D eigenvalue weighted by Gasteiger charge is 2.08. The van der Waals surface area contributed by atoms with Crippen LogP contribution in [0.4, 0.5) is 0 Å². The molecule has 0 bridgehead atoms. The molecule has 0 spiro atoms. The molecule has 0 aliphatic heterocycles. The summed E-state index contributed by atoms with van der Waals surface area (Å²) >= 11 is 1.55. The van der Waals surface area contributed by atoms with Crippen LogP contribution in [0, 0.1) is 0 Å². The van der Waals surface area contributed by atoms with E-state index in [4.69, 9.17) is 0 Å². The molecular formula is C14H18N4OS. The van der Waals surface area contributed by atoms with Crippen LogP contribution in [0.1, 0.15) is 5.69 Å². The average molecular weight is 290 g/mol. The van der Waals surface area contributed by atoms with Gasteiger partial charge in [0.1, 0.15) is 5.01 Å². The fraction of sp³-hybridized carbons (Fsp3) is 0.357. The fourth-order valence-corrected chi connectivity index (χ4v) is 2.49.